The first-order valence-corrected chi connectivity index (χ1v) is 6.60. The van der Waals surface area contributed by atoms with E-state index in [1.165, 1.54) is 24.8 Å². The second-order valence-electron chi connectivity index (χ2n) is 4.75. The SMILES string of the molecule is NC(Cc1ccc(Cl)c(Cl)c1)CC1CCC1. The molecule has 0 aromatic heterocycles. The minimum atomic E-state index is 0.252. The van der Waals surface area contributed by atoms with Gasteiger partial charge in [-0.05, 0) is 36.5 Å². The second-order valence-corrected chi connectivity index (χ2v) is 5.56. The third kappa shape index (κ3) is 3.13. The van der Waals surface area contributed by atoms with Gasteiger partial charge in [0, 0.05) is 6.04 Å². The van der Waals surface area contributed by atoms with Crippen molar-refractivity contribution in [2.24, 2.45) is 11.7 Å². The summed E-state index contributed by atoms with van der Waals surface area (Å²) < 4.78 is 0. The highest BCUT2D eigenvalue weighted by Crippen LogP contribution is 2.31. The average Bonchev–Trinajstić information content (AvgIpc) is 2.18. The van der Waals surface area contributed by atoms with E-state index in [-0.39, 0.29) is 6.04 Å². The lowest BCUT2D eigenvalue weighted by molar-refractivity contribution is 0.275. The van der Waals surface area contributed by atoms with E-state index >= 15 is 0 Å². The molecule has 1 aromatic carbocycles. The average molecular weight is 258 g/mol. The van der Waals surface area contributed by atoms with Gasteiger partial charge >= 0.3 is 0 Å². The molecule has 2 rings (SSSR count). The molecule has 0 amide bonds. The minimum Gasteiger partial charge on any atom is -0.327 e. The summed E-state index contributed by atoms with van der Waals surface area (Å²) in [7, 11) is 0. The van der Waals surface area contributed by atoms with Crippen molar-refractivity contribution in [3.05, 3.63) is 33.8 Å². The summed E-state index contributed by atoms with van der Waals surface area (Å²) in [5.41, 5.74) is 7.31. The molecule has 1 saturated carbocycles. The lowest BCUT2D eigenvalue weighted by Gasteiger charge is -2.28. The predicted octanol–water partition coefficient (Wildman–Crippen LogP) is 4.05. The molecule has 0 aliphatic heterocycles. The van der Waals surface area contributed by atoms with E-state index in [0.717, 1.165) is 18.8 Å². The van der Waals surface area contributed by atoms with E-state index in [0.29, 0.717) is 10.0 Å². The minimum absolute atomic E-state index is 0.252. The van der Waals surface area contributed by atoms with Gasteiger partial charge in [0.05, 0.1) is 10.0 Å². The maximum absolute atomic E-state index is 6.13. The number of hydrogen-bond acceptors (Lipinski definition) is 1. The molecule has 1 nitrogen and oxygen atoms in total. The maximum Gasteiger partial charge on any atom is 0.0595 e. The Kier molecular flexibility index (Phi) is 4.12. The van der Waals surface area contributed by atoms with Crippen LogP contribution in [0.3, 0.4) is 0 Å². The Labute approximate surface area is 107 Å². The molecule has 0 spiro atoms. The molecular weight excluding hydrogens is 241 g/mol. The third-order valence-electron chi connectivity index (χ3n) is 3.34. The molecule has 0 radical (unpaired) electrons. The summed E-state index contributed by atoms with van der Waals surface area (Å²) in [6, 6.07) is 6.02. The van der Waals surface area contributed by atoms with Crippen molar-refractivity contribution in [1.82, 2.24) is 0 Å². The van der Waals surface area contributed by atoms with Gasteiger partial charge in [0.1, 0.15) is 0 Å². The Morgan fingerprint density at radius 1 is 1.25 bits per heavy atom. The van der Waals surface area contributed by atoms with Gasteiger partial charge in [0.25, 0.3) is 0 Å². The van der Waals surface area contributed by atoms with E-state index in [1.807, 2.05) is 18.2 Å². The highest BCUT2D eigenvalue weighted by molar-refractivity contribution is 6.42. The van der Waals surface area contributed by atoms with Gasteiger partial charge in [-0.25, -0.2) is 0 Å². The Bertz CT molecular complexity index is 361. The molecular formula is C13H17Cl2N. The maximum atomic E-state index is 6.13. The van der Waals surface area contributed by atoms with Gasteiger partial charge in [0.15, 0.2) is 0 Å². The second kappa shape index (κ2) is 5.39. The summed E-state index contributed by atoms with van der Waals surface area (Å²) in [5.74, 6) is 0.859. The van der Waals surface area contributed by atoms with E-state index < -0.39 is 0 Å². The fourth-order valence-electron chi connectivity index (χ4n) is 2.21. The Morgan fingerprint density at radius 3 is 2.56 bits per heavy atom. The molecule has 88 valence electrons. The van der Waals surface area contributed by atoms with Crippen molar-refractivity contribution in [3.63, 3.8) is 0 Å². The van der Waals surface area contributed by atoms with E-state index in [1.54, 1.807) is 0 Å². The van der Waals surface area contributed by atoms with Crippen LogP contribution >= 0.6 is 23.2 Å². The summed E-state index contributed by atoms with van der Waals surface area (Å²) in [6.45, 7) is 0. The van der Waals surface area contributed by atoms with Crippen molar-refractivity contribution >= 4 is 23.2 Å². The molecule has 0 heterocycles. The molecule has 3 heteroatoms. The molecule has 0 bridgehead atoms. The van der Waals surface area contributed by atoms with Crippen LogP contribution in [0, 0.1) is 5.92 Å². The van der Waals surface area contributed by atoms with E-state index in [9.17, 15) is 0 Å². The fraction of sp³-hybridized carbons (Fsp3) is 0.538. The highest BCUT2D eigenvalue weighted by atomic mass is 35.5. The lowest BCUT2D eigenvalue weighted by Crippen LogP contribution is -2.28. The molecule has 1 unspecified atom stereocenters. The zero-order chi connectivity index (χ0) is 11.5. The third-order valence-corrected chi connectivity index (χ3v) is 4.08. The summed E-state index contributed by atoms with van der Waals surface area (Å²) >= 11 is 11.8. The number of hydrogen-bond donors (Lipinski definition) is 1. The van der Waals surface area contributed by atoms with Crippen LogP contribution in [0.5, 0.6) is 0 Å². The Balaban J connectivity index is 1.89. The Morgan fingerprint density at radius 2 is 2.00 bits per heavy atom. The van der Waals surface area contributed by atoms with Crippen LogP contribution < -0.4 is 5.73 Å². The molecule has 16 heavy (non-hydrogen) atoms. The van der Waals surface area contributed by atoms with Crippen molar-refractivity contribution in [1.29, 1.82) is 0 Å². The van der Waals surface area contributed by atoms with Gasteiger partial charge in [-0.15, -0.1) is 0 Å². The smallest absolute Gasteiger partial charge is 0.0595 e. The number of benzene rings is 1. The van der Waals surface area contributed by atoms with Gasteiger partial charge in [-0.2, -0.15) is 0 Å². The van der Waals surface area contributed by atoms with Crippen LogP contribution in [0.4, 0.5) is 0 Å². The van der Waals surface area contributed by atoms with Crippen LogP contribution in [0.2, 0.25) is 10.0 Å². The molecule has 2 N–H and O–H groups in total. The first-order chi connectivity index (χ1) is 7.65. The normalized spacial score (nSPS) is 18.2. The van der Waals surface area contributed by atoms with Gasteiger partial charge in [0.2, 0.25) is 0 Å². The van der Waals surface area contributed by atoms with E-state index in [2.05, 4.69) is 0 Å². The zero-order valence-corrected chi connectivity index (χ0v) is 10.8. The van der Waals surface area contributed by atoms with Gasteiger partial charge in [-0.3, -0.25) is 0 Å². The van der Waals surface area contributed by atoms with Crippen LogP contribution in [0.15, 0.2) is 18.2 Å². The summed E-state index contributed by atoms with van der Waals surface area (Å²) in [4.78, 5) is 0. The monoisotopic (exact) mass is 257 g/mol. The van der Waals surface area contributed by atoms with Gasteiger partial charge < -0.3 is 5.73 Å². The number of rotatable bonds is 4. The van der Waals surface area contributed by atoms with Gasteiger partial charge in [-0.1, -0.05) is 48.5 Å². The molecule has 1 aliphatic rings. The summed E-state index contributed by atoms with van der Waals surface area (Å²) in [5, 5.41) is 1.23. The molecule has 1 aliphatic carbocycles. The van der Waals surface area contributed by atoms with Crippen LogP contribution in [0.1, 0.15) is 31.2 Å². The lowest BCUT2D eigenvalue weighted by atomic mass is 9.80. The van der Waals surface area contributed by atoms with Crippen LogP contribution in [-0.2, 0) is 6.42 Å². The topological polar surface area (TPSA) is 26.0 Å². The first kappa shape index (κ1) is 12.2. The van der Waals surface area contributed by atoms with Crippen LogP contribution in [-0.4, -0.2) is 6.04 Å². The summed E-state index contributed by atoms with van der Waals surface area (Å²) in [6.07, 6.45) is 6.13. The molecule has 0 saturated heterocycles. The number of nitrogens with two attached hydrogens (primary N) is 1. The first-order valence-electron chi connectivity index (χ1n) is 5.84. The Hall–Kier alpha value is -0.240. The van der Waals surface area contributed by atoms with Crippen molar-refractivity contribution in [2.75, 3.05) is 0 Å². The standard InChI is InChI=1S/C13H17Cl2N/c14-12-5-4-10(8-13(12)15)7-11(16)6-9-2-1-3-9/h4-5,8-9,11H,1-3,6-7,16H2. The largest absolute Gasteiger partial charge is 0.327 e. The van der Waals surface area contributed by atoms with Crippen LogP contribution in [0.25, 0.3) is 0 Å². The molecule has 1 fully saturated rings. The fourth-order valence-corrected chi connectivity index (χ4v) is 2.53. The quantitative estimate of drug-likeness (QED) is 0.866. The highest BCUT2D eigenvalue weighted by Gasteiger charge is 2.20. The number of halogens is 2. The predicted molar refractivity (Wildman–Crippen MR) is 70.1 cm³/mol. The van der Waals surface area contributed by atoms with E-state index in [4.69, 9.17) is 28.9 Å². The molecule has 1 aromatic rings. The zero-order valence-electron chi connectivity index (χ0n) is 9.26. The van der Waals surface area contributed by atoms with Crippen molar-refractivity contribution < 1.29 is 0 Å². The molecule has 1 atom stereocenters. The van der Waals surface area contributed by atoms with Crippen molar-refractivity contribution in [2.45, 2.75) is 38.1 Å². The van der Waals surface area contributed by atoms with Crippen molar-refractivity contribution in [3.8, 4) is 0 Å².